The normalized spacial score (nSPS) is 26.9. The maximum Gasteiger partial charge on any atom is 0.182 e. The van der Waals surface area contributed by atoms with Gasteiger partial charge in [0.1, 0.15) is 0 Å². The van der Waals surface area contributed by atoms with Gasteiger partial charge in [0.25, 0.3) is 0 Å². The molecule has 2 atom stereocenters. The van der Waals surface area contributed by atoms with Gasteiger partial charge in [0.05, 0.1) is 10.1 Å². The third-order valence-electron chi connectivity index (χ3n) is 4.24. The molecule has 0 N–H and O–H groups in total. The second-order valence-electron chi connectivity index (χ2n) is 5.36. The molecule has 1 fully saturated rings. The highest BCUT2D eigenvalue weighted by Crippen LogP contribution is 2.45. The quantitative estimate of drug-likeness (QED) is 0.834. The zero-order chi connectivity index (χ0) is 13.6. The van der Waals surface area contributed by atoms with Gasteiger partial charge in [-0.25, -0.2) is 8.42 Å². The van der Waals surface area contributed by atoms with E-state index in [9.17, 15) is 13.2 Å². The molecule has 100 valence electrons. The molecule has 0 amide bonds. The zero-order valence-electron chi connectivity index (χ0n) is 10.8. The van der Waals surface area contributed by atoms with Crippen LogP contribution in [0.15, 0.2) is 46.4 Å². The molecule has 1 aromatic carbocycles. The first-order valence-corrected chi connectivity index (χ1v) is 8.08. The molecule has 1 aromatic rings. The van der Waals surface area contributed by atoms with E-state index in [1.165, 1.54) is 0 Å². The second-order valence-corrected chi connectivity index (χ2v) is 7.53. The van der Waals surface area contributed by atoms with Crippen LogP contribution < -0.4 is 0 Å². The van der Waals surface area contributed by atoms with E-state index in [1.54, 1.807) is 24.3 Å². The number of hydrogen-bond acceptors (Lipinski definition) is 3. The molecule has 0 spiro atoms. The fourth-order valence-electron chi connectivity index (χ4n) is 3.36. The van der Waals surface area contributed by atoms with Crippen molar-refractivity contribution in [3.8, 4) is 0 Å². The number of fused-ring (bicyclic) bond motifs is 1. The average Bonchev–Trinajstić information content (AvgIpc) is 2.93. The Bertz CT molecular complexity index is 656. The van der Waals surface area contributed by atoms with Crippen molar-refractivity contribution in [2.75, 3.05) is 0 Å². The summed E-state index contributed by atoms with van der Waals surface area (Å²) < 4.78 is 25.4. The predicted molar refractivity (Wildman–Crippen MR) is 72.5 cm³/mol. The molecule has 0 bridgehead atoms. The number of sulfone groups is 1. The number of carbonyl (C=O) groups excluding carboxylic acids is 1. The van der Waals surface area contributed by atoms with Crippen molar-refractivity contribution >= 4 is 15.6 Å². The molecule has 2 aliphatic carbocycles. The SMILES string of the molecule is CC1=C2C(=O)CC[C@@H]2[C@@H](S(=O)(=O)c2ccccc2)C1. The van der Waals surface area contributed by atoms with Crippen LogP contribution in [0, 0.1) is 5.92 Å². The van der Waals surface area contributed by atoms with E-state index in [0.29, 0.717) is 24.2 Å². The number of hydrogen-bond donors (Lipinski definition) is 0. The molecule has 19 heavy (non-hydrogen) atoms. The molecule has 1 saturated carbocycles. The van der Waals surface area contributed by atoms with Gasteiger partial charge in [0.2, 0.25) is 0 Å². The second kappa shape index (κ2) is 4.30. The maximum absolute atomic E-state index is 12.7. The lowest BCUT2D eigenvalue weighted by Gasteiger charge is -2.18. The molecule has 0 unspecified atom stereocenters. The molecule has 0 aliphatic heterocycles. The summed E-state index contributed by atoms with van der Waals surface area (Å²) in [6.07, 6.45) is 1.68. The highest BCUT2D eigenvalue weighted by atomic mass is 32.2. The van der Waals surface area contributed by atoms with Crippen molar-refractivity contribution in [1.82, 2.24) is 0 Å². The topological polar surface area (TPSA) is 51.2 Å². The number of rotatable bonds is 2. The van der Waals surface area contributed by atoms with Crippen LogP contribution in [0.1, 0.15) is 26.2 Å². The van der Waals surface area contributed by atoms with Crippen molar-refractivity contribution < 1.29 is 13.2 Å². The van der Waals surface area contributed by atoms with Crippen LogP contribution in [0.5, 0.6) is 0 Å². The molecular weight excluding hydrogens is 260 g/mol. The molecule has 4 heteroatoms. The van der Waals surface area contributed by atoms with Crippen LogP contribution in [0.25, 0.3) is 0 Å². The molecule has 0 radical (unpaired) electrons. The van der Waals surface area contributed by atoms with Crippen LogP contribution >= 0.6 is 0 Å². The van der Waals surface area contributed by atoms with E-state index >= 15 is 0 Å². The van der Waals surface area contributed by atoms with Crippen molar-refractivity contribution in [2.24, 2.45) is 5.92 Å². The van der Waals surface area contributed by atoms with Crippen LogP contribution in [0.3, 0.4) is 0 Å². The fourth-order valence-corrected chi connectivity index (χ4v) is 5.42. The van der Waals surface area contributed by atoms with Crippen molar-refractivity contribution in [2.45, 2.75) is 36.3 Å². The molecule has 3 rings (SSSR count). The van der Waals surface area contributed by atoms with E-state index in [-0.39, 0.29) is 11.7 Å². The smallest absolute Gasteiger partial charge is 0.182 e. The van der Waals surface area contributed by atoms with Crippen LogP contribution in [0.2, 0.25) is 0 Å². The van der Waals surface area contributed by atoms with E-state index in [4.69, 9.17) is 0 Å². The van der Waals surface area contributed by atoms with Crippen molar-refractivity contribution in [3.05, 3.63) is 41.5 Å². The summed E-state index contributed by atoms with van der Waals surface area (Å²) in [6, 6.07) is 8.56. The fraction of sp³-hybridized carbons (Fsp3) is 0.400. The van der Waals surface area contributed by atoms with E-state index in [2.05, 4.69) is 0 Å². The Kier molecular flexibility index (Phi) is 2.86. The maximum atomic E-state index is 12.7. The predicted octanol–water partition coefficient (Wildman–Crippen LogP) is 2.53. The Morgan fingerprint density at radius 1 is 1.16 bits per heavy atom. The van der Waals surface area contributed by atoms with E-state index < -0.39 is 15.1 Å². The molecule has 0 heterocycles. The van der Waals surface area contributed by atoms with Crippen LogP contribution in [-0.4, -0.2) is 19.5 Å². The third kappa shape index (κ3) is 1.86. The largest absolute Gasteiger partial charge is 0.295 e. The lowest BCUT2D eigenvalue weighted by molar-refractivity contribution is -0.114. The van der Waals surface area contributed by atoms with Gasteiger partial charge in [0, 0.05) is 12.3 Å². The van der Waals surface area contributed by atoms with E-state index in [0.717, 1.165) is 11.1 Å². The van der Waals surface area contributed by atoms with Gasteiger partial charge < -0.3 is 0 Å². The number of ketones is 1. The first-order chi connectivity index (χ1) is 9.01. The Balaban J connectivity index is 2.00. The first-order valence-electron chi connectivity index (χ1n) is 6.53. The summed E-state index contributed by atoms with van der Waals surface area (Å²) in [5.74, 6) is 0.0611. The Morgan fingerprint density at radius 2 is 1.84 bits per heavy atom. The van der Waals surface area contributed by atoms with Gasteiger partial charge in [-0.05, 0) is 37.5 Å². The lowest BCUT2D eigenvalue weighted by atomic mass is 10.0. The third-order valence-corrected chi connectivity index (χ3v) is 6.46. The van der Waals surface area contributed by atoms with Gasteiger partial charge >= 0.3 is 0 Å². The molecular formula is C15H16O3S. The Morgan fingerprint density at radius 3 is 2.53 bits per heavy atom. The summed E-state index contributed by atoms with van der Waals surface area (Å²) in [5.41, 5.74) is 1.77. The Labute approximate surface area is 113 Å². The molecule has 0 aromatic heterocycles. The lowest BCUT2D eigenvalue weighted by Crippen LogP contribution is -2.26. The van der Waals surface area contributed by atoms with Gasteiger partial charge in [-0.2, -0.15) is 0 Å². The number of allylic oxidation sites excluding steroid dienone is 2. The minimum absolute atomic E-state index is 0.0855. The molecule has 3 nitrogen and oxygen atoms in total. The molecule has 2 aliphatic rings. The van der Waals surface area contributed by atoms with Gasteiger partial charge in [-0.3, -0.25) is 4.79 Å². The summed E-state index contributed by atoms with van der Waals surface area (Å²) >= 11 is 0. The monoisotopic (exact) mass is 276 g/mol. The average molecular weight is 276 g/mol. The highest BCUT2D eigenvalue weighted by Gasteiger charge is 2.46. The van der Waals surface area contributed by atoms with Crippen molar-refractivity contribution in [3.63, 3.8) is 0 Å². The standard InChI is InChI=1S/C15H16O3S/c1-10-9-14(12-7-8-13(16)15(10)12)19(17,18)11-5-3-2-4-6-11/h2-6,12,14H,7-9H2,1H3/t12-,14+/m1/s1. The summed E-state index contributed by atoms with van der Waals surface area (Å²) in [7, 11) is -3.34. The van der Waals surface area contributed by atoms with Gasteiger partial charge in [-0.15, -0.1) is 0 Å². The Hall–Kier alpha value is -1.42. The number of benzene rings is 1. The highest BCUT2D eigenvalue weighted by molar-refractivity contribution is 7.92. The summed E-state index contributed by atoms with van der Waals surface area (Å²) in [4.78, 5) is 12.2. The first kappa shape index (κ1) is 12.6. The zero-order valence-corrected chi connectivity index (χ0v) is 11.6. The number of Topliss-reactive ketones (excluding diaryl/α,β-unsaturated/α-hetero) is 1. The summed E-state index contributed by atoms with van der Waals surface area (Å²) in [6.45, 7) is 1.89. The van der Waals surface area contributed by atoms with Gasteiger partial charge in [0.15, 0.2) is 15.6 Å². The number of carbonyl (C=O) groups is 1. The van der Waals surface area contributed by atoms with Crippen LogP contribution in [0.4, 0.5) is 0 Å². The van der Waals surface area contributed by atoms with E-state index in [1.807, 2.05) is 13.0 Å². The van der Waals surface area contributed by atoms with Gasteiger partial charge in [-0.1, -0.05) is 23.8 Å². The minimum Gasteiger partial charge on any atom is -0.295 e. The summed E-state index contributed by atoms with van der Waals surface area (Å²) in [5, 5.41) is -0.448. The minimum atomic E-state index is -3.34. The molecule has 0 saturated heterocycles. The van der Waals surface area contributed by atoms with Crippen molar-refractivity contribution in [1.29, 1.82) is 0 Å². The van der Waals surface area contributed by atoms with Crippen LogP contribution in [-0.2, 0) is 14.6 Å².